The minimum Gasteiger partial charge on any atom is -0.489 e. The van der Waals surface area contributed by atoms with Crippen LogP contribution in [0.5, 0.6) is 5.75 Å². The summed E-state index contributed by atoms with van der Waals surface area (Å²) in [4.78, 5) is 0. The van der Waals surface area contributed by atoms with Gasteiger partial charge in [0.1, 0.15) is 12.4 Å². The molecule has 2 aromatic carbocycles. The molecule has 0 amide bonds. The molecule has 0 unspecified atom stereocenters. The molecule has 0 aliphatic rings. The largest absolute Gasteiger partial charge is 0.489 e. The lowest BCUT2D eigenvalue weighted by Crippen LogP contribution is -1.98. The second kappa shape index (κ2) is 7.93. The molecule has 4 heteroatoms. The van der Waals surface area contributed by atoms with Crippen molar-refractivity contribution in [2.45, 2.75) is 20.5 Å². The third-order valence-corrected chi connectivity index (χ3v) is 2.82. The van der Waals surface area contributed by atoms with Crippen LogP contribution in [0, 0.1) is 13.8 Å². The zero-order valence-electron chi connectivity index (χ0n) is 11.1. The quantitative estimate of drug-likeness (QED) is 0.857. The summed E-state index contributed by atoms with van der Waals surface area (Å²) >= 11 is 0. The molecule has 0 saturated heterocycles. The van der Waals surface area contributed by atoms with Gasteiger partial charge in [-0.25, -0.2) is 0 Å². The van der Waals surface area contributed by atoms with Crippen LogP contribution in [0.2, 0.25) is 0 Å². The lowest BCUT2D eigenvalue weighted by molar-refractivity contribution is 0.306. The van der Waals surface area contributed by atoms with Gasteiger partial charge in [-0.1, -0.05) is 30.3 Å². The Labute approximate surface area is 126 Å². The maximum atomic E-state index is 5.90. The number of anilines is 1. The number of halogens is 2. The summed E-state index contributed by atoms with van der Waals surface area (Å²) in [7, 11) is 0. The first-order chi connectivity index (χ1) is 8.16. The summed E-state index contributed by atoms with van der Waals surface area (Å²) < 4.78 is 5.75. The van der Waals surface area contributed by atoms with Crippen molar-refractivity contribution in [3.8, 4) is 5.75 Å². The number of hydrogen-bond donors (Lipinski definition) is 1. The summed E-state index contributed by atoms with van der Waals surface area (Å²) in [6.45, 7) is 4.58. The Morgan fingerprint density at radius 3 is 2.00 bits per heavy atom. The van der Waals surface area contributed by atoms with Gasteiger partial charge in [0.05, 0.1) is 0 Å². The van der Waals surface area contributed by atoms with Gasteiger partial charge in [0, 0.05) is 5.69 Å². The summed E-state index contributed by atoms with van der Waals surface area (Å²) in [5.74, 6) is 0.873. The first kappa shape index (κ1) is 17.6. The van der Waals surface area contributed by atoms with Crippen LogP contribution in [0.15, 0.2) is 42.5 Å². The highest BCUT2D eigenvalue weighted by Crippen LogP contribution is 2.24. The SMILES string of the molecule is Cc1cc(OCc2ccccc2)cc(C)c1N.Cl.Cl. The van der Waals surface area contributed by atoms with Crippen LogP contribution in [0.1, 0.15) is 16.7 Å². The van der Waals surface area contributed by atoms with E-state index < -0.39 is 0 Å². The van der Waals surface area contributed by atoms with Crippen molar-refractivity contribution >= 4 is 30.5 Å². The van der Waals surface area contributed by atoms with Crippen LogP contribution >= 0.6 is 24.8 Å². The monoisotopic (exact) mass is 299 g/mol. The molecule has 0 saturated carbocycles. The first-order valence-corrected chi connectivity index (χ1v) is 5.70. The highest BCUT2D eigenvalue weighted by Gasteiger charge is 2.02. The number of hydrogen-bond acceptors (Lipinski definition) is 2. The van der Waals surface area contributed by atoms with E-state index in [1.807, 2.05) is 44.2 Å². The summed E-state index contributed by atoms with van der Waals surface area (Å²) in [5, 5.41) is 0. The van der Waals surface area contributed by atoms with Crippen LogP contribution in [0.4, 0.5) is 5.69 Å². The molecule has 0 aliphatic carbocycles. The molecule has 0 fully saturated rings. The normalized spacial score (nSPS) is 9.16. The highest BCUT2D eigenvalue weighted by molar-refractivity contribution is 5.85. The molecule has 2 nitrogen and oxygen atoms in total. The van der Waals surface area contributed by atoms with Crippen molar-refractivity contribution in [1.82, 2.24) is 0 Å². The lowest BCUT2D eigenvalue weighted by Gasteiger charge is -2.10. The molecule has 104 valence electrons. The van der Waals surface area contributed by atoms with E-state index in [-0.39, 0.29) is 24.8 Å². The molecule has 0 atom stereocenters. The van der Waals surface area contributed by atoms with Gasteiger partial charge < -0.3 is 10.5 Å². The second-order valence-corrected chi connectivity index (χ2v) is 4.25. The molecule has 0 aliphatic heterocycles. The Morgan fingerprint density at radius 1 is 0.947 bits per heavy atom. The van der Waals surface area contributed by atoms with E-state index in [2.05, 4.69) is 12.1 Å². The minimum absolute atomic E-state index is 0. The zero-order chi connectivity index (χ0) is 12.3. The van der Waals surface area contributed by atoms with Gasteiger partial charge >= 0.3 is 0 Å². The van der Waals surface area contributed by atoms with Crippen LogP contribution in [-0.4, -0.2) is 0 Å². The van der Waals surface area contributed by atoms with Crippen LogP contribution < -0.4 is 10.5 Å². The molecule has 2 rings (SSSR count). The fourth-order valence-electron chi connectivity index (χ4n) is 1.76. The predicted octanol–water partition coefficient (Wildman–Crippen LogP) is 4.31. The maximum Gasteiger partial charge on any atom is 0.120 e. The van der Waals surface area contributed by atoms with Crippen molar-refractivity contribution in [3.05, 3.63) is 59.2 Å². The molecule has 2 N–H and O–H groups in total. The Kier molecular flexibility index (Phi) is 7.35. The fraction of sp³-hybridized carbons (Fsp3) is 0.200. The Morgan fingerprint density at radius 2 is 1.47 bits per heavy atom. The number of benzene rings is 2. The van der Waals surface area contributed by atoms with Crippen molar-refractivity contribution in [2.24, 2.45) is 0 Å². The minimum atomic E-state index is 0. The summed E-state index contributed by atoms with van der Waals surface area (Å²) in [6.07, 6.45) is 0. The molecule has 0 heterocycles. The van der Waals surface area contributed by atoms with Gasteiger partial charge in [0.2, 0.25) is 0 Å². The number of aryl methyl sites for hydroxylation is 2. The van der Waals surface area contributed by atoms with E-state index in [0.29, 0.717) is 6.61 Å². The fourth-order valence-corrected chi connectivity index (χ4v) is 1.76. The molecule has 19 heavy (non-hydrogen) atoms. The second-order valence-electron chi connectivity index (χ2n) is 4.25. The van der Waals surface area contributed by atoms with E-state index in [9.17, 15) is 0 Å². The molecular weight excluding hydrogens is 281 g/mol. The Hall–Kier alpha value is -1.38. The third-order valence-electron chi connectivity index (χ3n) is 2.82. The van der Waals surface area contributed by atoms with Crippen molar-refractivity contribution in [1.29, 1.82) is 0 Å². The van der Waals surface area contributed by atoms with Crippen LogP contribution in [0.3, 0.4) is 0 Å². The first-order valence-electron chi connectivity index (χ1n) is 5.70. The van der Waals surface area contributed by atoms with Gasteiger partial charge in [-0.05, 0) is 42.7 Å². The van der Waals surface area contributed by atoms with Crippen LogP contribution in [0.25, 0.3) is 0 Å². The van der Waals surface area contributed by atoms with E-state index in [4.69, 9.17) is 10.5 Å². The smallest absolute Gasteiger partial charge is 0.120 e. The van der Waals surface area contributed by atoms with Crippen molar-refractivity contribution in [3.63, 3.8) is 0 Å². The van der Waals surface area contributed by atoms with E-state index in [1.165, 1.54) is 5.56 Å². The molecule has 0 bridgehead atoms. The Balaban J connectivity index is 0.00000162. The van der Waals surface area contributed by atoms with Crippen molar-refractivity contribution < 1.29 is 4.74 Å². The van der Waals surface area contributed by atoms with E-state index in [0.717, 1.165) is 22.6 Å². The number of rotatable bonds is 3. The van der Waals surface area contributed by atoms with Gasteiger partial charge in [0.25, 0.3) is 0 Å². The molecule has 2 aromatic rings. The molecule has 0 radical (unpaired) electrons. The topological polar surface area (TPSA) is 35.2 Å². The summed E-state index contributed by atoms with van der Waals surface area (Å²) in [6, 6.07) is 14.1. The number of nitrogens with two attached hydrogens (primary N) is 1. The molecule has 0 spiro atoms. The van der Waals surface area contributed by atoms with Gasteiger partial charge in [0.15, 0.2) is 0 Å². The van der Waals surface area contributed by atoms with Crippen LogP contribution in [-0.2, 0) is 6.61 Å². The van der Waals surface area contributed by atoms with E-state index >= 15 is 0 Å². The average molecular weight is 300 g/mol. The zero-order valence-corrected chi connectivity index (χ0v) is 12.7. The van der Waals surface area contributed by atoms with Crippen molar-refractivity contribution in [2.75, 3.05) is 5.73 Å². The Bertz CT molecular complexity index is 492. The number of nitrogen functional groups attached to an aromatic ring is 1. The third kappa shape index (κ3) is 4.66. The maximum absolute atomic E-state index is 5.90. The predicted molar refractivity (Wildman–Crippen MR) is 85.6 cm³/mol. The van der Waals surface area contributed by atoms with Gasteiger partial charge in [-0.15, -0.1) is 24.8 Å². The molecule has 0 aromatic heterocycles. The lowest BCUT2D eigenvalue weighted by atomic mass is 10.1. The standard InChI is InChI=1S/C15H17NO.2ClH/c1-11-8-14(9-12(2)15(11)16)17-10-13-6-4-3-5-7-13;;/h3-9H,10,16H2,1-2H3;2*1H. The highest BCUT2D eigenvalue weighted by atomic mass is 35.5. The molecular formula is C15H19Cl2NO. The number of ether oxygens (including phenoxy) is 1. The van der Waals surface area contributed by atoms with E-state index in [1.54, 1.807) is 0 Å². The average Bonchev–Trinajstić information content (AvgIpc) is 2.34. The van der Waals surface area contributed by atoms with Gasteiger partial charge in [-0.2, -0.15) is 0 Å². The van der Waals surface area contributed by atoms with Gasteiger partial charge in [-0.3, -0.25) is 0 Å². The summed E-state index contributed by atoms with van der Waals surface area (Å²) in [5.41, 5.74) is 10.0.